The van der Waals surface area contributed by atoms with Crippen molar-refractivity contribution in [2.75, 3.05) is 20.3 Å². The van der Waals surface area contributed by atoms with Crippen LogP contribution in [0.15, 0.2) is 12.3 Å². The number of hydrogen-bond donors (Lipinski definition) is 1. The fraction of sp³-hybridized carbons (Fsp3) is 0.583. The minimum absolute atomic E-state index is 0.00980. The van der Waals surface area contributed by atoms with Gasteiger partial charge in [0.1, 0.15) is 6.10 Å². The third-order valence-corrected chi connectivity index (χ3v) is 2.75. The molecule has 0 aliphatic carbocycles. The molecule has 1 aliphatic rings. The van der Waals surface area contributed by atoms with Crippen molar-refractivity contribution in [2.45, 2.75) is 25.5 Å². The fourth-order valence-electron chi connectivity index (χ4n) is 1.82. The Morgan fingerprint density at radius 1 is 1.53 bits per heavy atom. The molecular weight excluding hydrogens is 223 g/mol. The summed E-state index contributed by atoms with van der Waals surface area (Å²) in [4.78, 5) is 3.95. The summed E-state index contributed by atoms with van der Waals surface area (Å²) in [7, 11) is 1.78. The maximum Gasteiger partial charge on any atom is 0.250 e. The quantitative estimate of drug-likeness (QED) is 0.866. The molecule has 0 spiro atoms. The Bertz CT molecular complexity index is 368. The van der Waals surface area contributed by atoms with Crippen LogP contribution in [0.25, 0.3) is 0 Å². The largest absolute Gasteiger partial charge is 0.472 e. The first-order valence-electron chi connectivity index (χ1n) is 5.83. The van der Waals surface area contributed by atoms with Gasteiger partial charge in [0.05, 0.1) is 13.2 Å². The summed E-state index contributed by atoms with van der Waals surface area (Å²) in [6.07, 6.45) is 3.16. The van der Waals surface area contributed by atoms with Crippen LogP contribution in [0, 0.1) is 5.82 Å². The first-order valence-corrected chi connectivity index (χ1v) is 5.83. The molecule has 2 heterocycles. The molecule has 1 aromatic heterocycles. The molecule has 4 nitrogen and oxygen atoms in total. The fourth-order valence-corrected chi connectivity index (χ4v) is 1.82. The number of nitrogens with zero attached hydrogens (tertiary/aromatic N) is 1. The van der Waals surface area contributed by atoms with Crippen LogP contribution < -0.4 is 10.1 Å². The highest BCUT2D eigenvalue weighted by Gasteiger charge is 2.19. The highest BCUT2D eigenvalue weighted by Crippen LogP contribution is 2.21. The van der Waals surface area contributed by atoms with E-state index in [1.54, 1.807) is 19.3 Å². The molecule has 0 bridgehead atoms. The minimum Gasteiger partial charge on any atom is -0.472 e. The zero-order valence-electron chi connectivity index (χ0n) is 9.91. The van der Waals surface area contributed by atoms with Gasteiger partial charge in [0.15, 0.2) is 5.82 Å². The SMILES string of the molecule is CNCc1ccnc(OC2CCOCC2)c1F. The van der Waals surface area contributed by atoms with Crippen molar-refractivity contribution in [3.05, 3.63) is 23.6 Å². The number of aromatic nitrogens is 1. The Hall–Kier alpha value is -1.20. The Morgan fingerprint density at radius 2 is 2.29 bits per heavy atom. The van der Waals surface area contributed by atoms with E-state index in [1.807, 2.05) is 0 Å². The van der Waals surface area contributed by atoms with Crippen LogP contribution in [-0.2, 0) is 11.3 Å². The molecule has 1 aliphatic heterocycles. The van der Waals surface area contributed by atoms with Gasteiger partial charge in [0.25, 0.3) is 5.88 Å². The summed E-state index contributed by atoms with van der Waals surface area (Å²) >= 11 is 0. The Balaban J connectivity index is 2.06. The second-order valence-corrected chi connectivity index (χ2v) is 4.05. The molecular formula is C12H17FN2O2. The van der Waals surface area contributed by atoms with Crippen LogP contribution in [-0.4, -0.2) is 31.3 Å². The molecule has 1 saturated heterocycles. The van der Waals surface area contributed by atoms with Gasteiger partial charge in [-0.2, -0.15) is 0 Å². The predicted octanol–water partition coefficient (Wildman–Crippen LogP) is 1.50. The molecule has 0 aromatic carbocycles. The summed E-state index contributed by atoms with van der Waals surface area (Å²) in [5.41, 5.74) is 0.574. The van der Waals surface area contributed by atoms with Gasteiger partial charge in [-0.15, -0.1) is 0 Å². The highest BCUT2D eigenvalue weighted by molar-refractivity contribution is 5.23. The lowest BCUT2D eigenvalue weighted by atomic mass is 10.1. The zero-order valence-corrected chi connectivity index (χ0v) is 9.91. The van der Waals surface area contributed by atoms with E-state index < -0.39 is 0 Å². The van der Waals surface area contributed by atoms with Crippen molar-refractivity contribution in [1.82, 2.24) is 10.3 Å². The van der Waals surface area contributed by atoms with Crippen LogP contribution in [0.3, 0.4) is 0 Å². The second-order valence-electron chi connectivity index (χ2n) is 4.05. The van der Waals surface area contributed by atoms with Crippen molar-refractivity contribution in [2.24, 2.45) is 0 Å². The first-order chi connectivity index (χ1) is 8.31. The van der Waals surface area contributed by atoms with Gasteiger partial charge in [-0.05, 0) is 13.1 Å². The second kappa shape index (κ2) is 5.93. The topological polar surface area (TPSA) is 43.4 Å². The number of hydrogen-bond acceptors (Lipinski definition) is 4. The monoisotopic (exact) mass is 240 g/mol. The van der Waals surface area contributed by atoms with Gasteiger partial charge in [0, 0.05) is 31.1 Å². The Morgan fingerprint density at radius 3 is 3.00 bits per heavy atom. The number of nitrogens with one attached hydrogen (secondary N) is 1. The molecule has 0 atom stereocenters. The smallest absolute Gasteiger partial charge is 0.250 e. The molecule has 17 heavy (non-hydrogen) atoms. The number of halogens is 1. The first kappa shape index (κ1) is 12.3. The summed E-state index contributed by atoms with van der Waals surface area (Å²) in [6, 6.07) is 1.66. The van der Waals surface area contributed by atoms with E-state index in [4.69, 9.17) is 9.47 Å². The molecule has 5 heteroatoms. The lowest BCUT2D eigenvalue weighted by Gasteiger charge is -2.23. The van der Waals surface area contributed by atoms with Gasteiger partial charge in [-0.3, -0.25) is 0 Å². The Labute approximate surface area is 100 Å². The summed E-state index contributed by atoms with van der Waals surface area (Å²) < 4.78 is 24.8. The average Bonchev–Trinajstić information content (AvgIpc) is 2.36. The number of pyridine rings is 1. The van der Waals surface area contributed by atoms with E-state index in [2.05, 4.69) is 10.3 Å². The molecule has 0 unspecified atom stereocenters. The van der Waals surface area contributed by atoms with Gasteiger partial charge in [-0.1, -0.05) is 0 Å². The van der Waals surface area contributed by atoms with Gasteiger partial charge >= 0.3 is 0 Å². The Kier molecular flexibility index (Phi) is 4.28. The maximum absolute atomic E-state index is 14.0. The van der Waals surface area contributed by atoms with E-state index in [1.165, 1.54) is 0 Å². The molecule has 0 saturated carbocycles. The zero-order chi connectivity index (χ0) is 12.1. The van der Waals surface area contributed by atoms with Crippen molar-refractivity contribution in [3.8, 4) is 5.88 Å². The summed E-state index contributed by atoms with van der Waals surface area (Å²) in [6.45, 7) is 1.81. The molecule has 0 radical (unpaired) electrons. The van der Waals surface area contributed by atoms with Crippen LogP contribution in [0.4, 0.5) is 4.39 Å². The third-order valence-electron chi connectivity index (χ3n) is 2.75. The minimum atomic E-state index is -0.367. The van der Waals surface area contributed by atoms with Crippen LogP contribution in [0.2, 0.25) is 0 Å². The molecule has 1 fully saturated rings. The predicted molar refractivity (Wildman–Crippen MR) is 61.4 cm³/mol. The van der Waals surface area contributed by atoms with Crippen LogP contribution in [0.5, 0.6) is 5.88 Å². The van der Waals surface area contributed by atoms with Crippen molar-refractivity contribution >= 4 is 0 Å². The van der Waals surface area contributed by atoms with Crippen LogP contribution in [0.1, 0.15) is 18.4 Å². The molecule has 1 N–H and O–H groups in total. The van der Waals surface area contributed by atoms with Crippen LogP contribution >= 0.6 is 0 Å². The van der Waals surface area contributed by atoms with Gasteiger partial charge in [0.2, 0.25) is 0 Å². The van der Waals surface area contributed by atoms with E-state index in [0.29, 0.717) is 25.3 Å². The third kappa shape index (κ3) is 3.14. The normalized spacial score (nSPS) is 17.1. The van der Waals surface area contributed by atoms with E-state index in [0.717, 1.165) is 12.8 Å². The van der Waals surface area contributed by atoms with Gasteiger partial charge in [-0.25, -0.2) is 9.37 Å². The molecule has 0 amide bonds. The average molecular weight is 240 g/mol. The van der Waals surface area contributed by atoms with Crippen molar-refractivity contribution in [3.63, 3.8) is 0 Å². The number of rotatable bonds is 4. The van der Waals surface area contributed by atoms with Gasteiger partial charge < -0.3 is 14.8 Å². The lowest BCUT2D eigenvalue weighted by molar-refractivity contribution is 0.0219. The summed E-state index contributed by atoms with van der Waals surface area (Å²) in [5, 5.41) is 2.91. The van der Waals surface area contributed by atoms with Crippen molar-refractivity contribution < 1.29 is 13.9 Å². The standard InChI is InChI=1S/C12H17FN2O2/c1-14-8-9-2-5-15-12(11(9)13)17-10-3-6-16-7-4-10/h2,5,10,14H,3-4,6-8H2,1H3. The van der Waals surface area contributed by atoms with E-state index >= 15 is 0 Å². The van der Waals surface area contributed by atoms with Crippen molar-refractivity contribution in [1.29, 1.82) is 0 Å². The highest BCUT2D eigenvalue weighted by atomic mass is 19.1. The molecule has 94 valence electrons. The lowest BCUT2D eigenvalue weighted by Crippen LogP contribution is -2.26. The number of ether oxygens (including phenoxy) is 2. The summed E-state index contributed by atoms with van der Waals surface area (Å²) in [5.74, 6) is -0.266. The molecule has 2 rings (SSSR count). The molecule has 1 aromatic rings. The maximum atomic E-state index is 14.0. The van der Waals surface area contributed by atoms with E-state index in [-0.39, 0.29) is 17.8 Å². The van der Waals surface area contributed by atoms with E-state index in [9.17, 15) is 4.39 Å².